The van der Waals surface area contributed by atoms with E-state index in [2.05, 4.69) is 10.6 Å². The Bertz CT molecular complexity index is 1160. The molecule has 0 bridgehead atoms. The van der Waals surface area contributed by atoms with E-state index in [9.17, 15) is 18.0 Å². The Morgan fingerprint density at radius 3 is 2.68 bits per heavy atom. The minimum Gasteiger partial charge on any atom is -0.492 e. The first-order valence-corrected chi connectivity index (χ1v) is 13.3. The molecule has 2 N–H and O–H groups in total. The maximum Gasteiger partial charge on any atom is 0.243 e. The summed E-state index contributed by atoms with van der Waals surface area (Å²) in [6.45, 7) is 3.21. The van der Waals surface area contributed by atoms with E-state index in [-0.39, 0.29) is 29.0 Å². The Kier molecular flexibility index (Phi) is 7.53. The van der Waals surface area contributed by atoms with Gasteiger partial charge in [-0.15, -0.1) is 0 Å². The number of anilines is 2. The lowest BCUT2D eigenvalue weighted by Crippen LogP contribution is -2.35. The summed E-state index contributed by atoms with van der Waals surface area (Å²) in [6, 6.07) is 12.2. The molecule has 0 radical (unpaired) electrons. The van der Waals surface area contributed by atoms with Crippen molar-refractivity contribution in [1.82, 2.24) is 4.31 Å². The van der Waals surface area contributed by atoms with Gasteiger partial charge in [-0.3, -0.25) is 9.59 Å². The van der Waals surface area contributed by atoms with E-state index in [1.165, 1.54) is 16.4 Å². The maximum atomic E-state index is 13.1. The van der Waals surface area contributed by atoms with Gasteiger partial charge in [0.15, 0.2) is 0 Å². The summed E-state index contributed by atoms with van der Waals surface area (Å²) >= 11 is 0. The highest BCUT2D eigenvalue weighted by Crippen LogP contribution is 2.31. The lowest BCUT2D eigenvalue weighted by molar-refractivity contribution is -0.121. The average molecular weight is 486 g/mol. The molecule has 2 amide bonds. The minimum absolute atomic E-state index is 0.0869. The molecule has 2 aliphatic rings. The molecule has 0 saturated carbocycles. The highest BCUT2D eigenvalue weighted by Gasteiger charge is 2.28. The molecule has 9 heteroatoms. The first-order chi connectivity index (χ1) is 16.4. The van der Waals surface area contributed by atoms with Gasteiger partial charge in [-0.05, 0) is 62.4 Å². The second-order valence-electron chi connectivity index (χ2n) is 8.69. The van der Waals surface area contributed by atoms with E-state index in [4.69, 9.17) is 4.74 Å². The van der Waals surface area contributed by atoms with Gasteiger partial charge >= 0.3 is 0 Å². The van der Waals surface area contributed by atoms with Crippen molar-refractivity contribution in [2.45, 2.75) is 50.3 Å². The molecule has 2 aromatic carbocycles. The molecule has 34 heavy (non-hydrogen) atoms. The summed E-state index contributed by atoms with van der Waals surface area (Å²) < 4.78 is 33.3. The third-order valence-corrected chi connectivity index (χ3v) is 8.20. The summed E-state index contributed by atoms with van der Waals surface area (Å²) in [5.41, 5.74) is 2.20. The summed E-state index contributed by atoms with van der Waals surface area (Å²) in [7, 11) is -3.64. The Hall–Kier alpha value is -2.91. The number of nitrogens with zero attached hydrogens (tertiary/aromatic N) is 1. The third kappa shape index (κ3) is 5.42. The molecular formula is C25H31N3O5S. The second kappa shape index (κ2) is 10.6. The molecule has 2 aromatic rings. The molecule has 1 atom stereocenters. The van der Waals surface area contributed by atoms with Gasteiger partial charge in [0.2, 0.25) is 21.8 Å². The van der Waals surface area contributed by atoms with Gasteiger partial charge in [0.1, 0.15) is 5.75 Å². The quantitative estimate of drug-likeness (QED) is 0.592. The molecule has 1 unspecified atom stereocenters. The fourth-order valence-corrected chi connectivity index (χ4v) is 6.01. The Morgan fingerprint density at radius 1 is 1.15 bits per heavy atom. The Labute approximate surface area is 200 Å². The van der Waals surface area contributed by atoms with Crippen molar-refractivity contribution in [2.24, 2.45) is 5.92 Å². The molecule has 1 saturated heterocycles. The fraction of sp³-hybridized carbons (Fsp3) is 0.440. The van der Waals surface area contributed by atoms with Gasteiger partial charge in [0.05, 0.1) is 17.2 Å². The average Bonchev–Trinajstić information content (AvgIpc) is 2.84. The molecule has 1 fully saturated rings. The second-order valence-corrected chi connectivity index (χ2v) is 10.6. The van der Waals surface area contributed by atoms with Crippen LogP contribution in [0.5, 0.6) is 5.75 Å². The number of hydrogen-bond donors (Lipinski definition) is 2. The van der Waals surface area contributed by atoms with Gasteiger partial charge in [0.25, 0.3) is 0 Å². The van der Waals surface area contributed by atoms with Crippen LogP contribution < -0.4 is 15.4 Å². The standard InChI is InChI=1S/C25H31N3O5S/c1-2-33-23-12-11-20(34(31,32)28-14-6-3-7-15-28)17-22(23)26-24(29)13-10-19-16-18-8-4-5-9-21(18)27-25(19)30/h4-5,8-9,11-12,17,19H,2-3,6-7,10,13-16H2,1H3,(H,26,29)(H,27,30). The van der Waals surface area contributed by atoms with Crippen LogP contribution in [0.25, 0.3) is 0 Å². The molecule has 2 heterocycles. The molecule has 182 valence electrons. The topological polar surface area (TPSA) is 105 Å². The lowest BCUT2D eigenvalue weighted by atomic mass is 9.89. The number of piperidine rings is 1. The van der Waals surface area contributed by atoms with Crippen LogP contribution in [0.4, 0.5) is 11.4 Å². The van der Waals surface area contributed by atoms with Crippen LogP contribution in [0.2, 0.25) is 0 Å². The SMILES string of the molecule is CCOc1ccc(S(=O)(=O)N2CCCCC2)cc1NC(=O)CCC1Cc2ccccc2NC1=O. The van der Waals surface area contributed by atoms with Gasteiger partial charge in [-0.1, -0.05) is 24.6 Å². The van der Waals surface area contributed by atoms with Gasteiger partial charge in [-0.25, -0.2) is 8.42 Å². The van der Waals surface area contributed by atoms with Crippen LogP contribution >= 0.6 is 0 Å². The predicted octanol–water partition coefficient (Wildman–Crippen LogP) is 3.79. The van der Waals surface area contributed by atoms with Crippen LogP contribution in [0.1, 0.15) is 44.6 Å². The van der Waals surface area contributed by atoms with Crippen molar-refractivity contribution in [3.63, 3.8) is 0 Å². The Balaban J connectivity index is 1.45. The number of sulfonamides is 1. The van der Waals surface area contributed by atoms with Crippen LogP contribution in [0.3, 0.4) is 0 Å². The summed E-state index contributed by atoms with van der Waals surface area (Å²) in [5, 5.41) is 5.71. The van der Waals surface area contributed by atoms with Crippen molar-refractivity contribution in [2.75, 3.05) is 30.3 Å². The van der Waals surface area contributed by atoms with E-state index < -0.39 is 10.0 Å². The smallest absolute Gasteiger partial charge is 0.243 e. The number of ether oxygens (including phenoxy) is 1. The number of amides is 2. The van der Waals surface area contributed by atoms with Gasteiger partial charge in [0, 0.05) is 31.1 Å². The largest absolute Gasteiger partial charge is 0.492 e. The number of nitrogens with one attached hydrogen (secondary N) is 2. The van der Waals surface area contributed by atoms with Crippen molar-refractivity contribution in [3.05, 3.63) is 48.0 Å². The molecule has 0 spiro atoms. The summed E-state index contributed by atoms with van der Waals surface area (Å²) in [6.07, 6.45) is 3.83. The number of carbonyl (C=O) groups excluding carboxylic acids is 2. The number of rotatable bonds is 8. The third-order valence-electron chi connectivity index (χ3n) is 6.31. The first kappa shape index (κ1) is 24.2. The van der Waals surface area contributed by atoms with Gasteiger partial charge in [-0.2, -0.15) is 4.31 Å². The van der Waals surface area contributed by atoms with Crippen molar-refractivity contribution < 1.29 is 22.7 Å². The number of benzene rings is 2. The lowest BCUT2D eigenvalue weighted by Gasteiger charge is -2.26. The monoisotopic (exact) mass is 485 g/mol. The molecule has 0 aromatic heterocycles. The van der Waals surface area contributed by atoms with Crippen molar-refractivity contribution >= 4 is 33.2 Å². The van der Waals surface area contributed by atoms with Gasteiger partial charge < -0.3 is 15.4 Å². The maximum absolute atomic E-state index is 13.1. The van der Waals surface area contributed by atoms with Crippen molar-refractivity contribution in [3.8, 4) is 5.75 Å². The molecule has 2 aliphatic heterocycles. The predicted molar refractivity (Wildman–Crippen MR) is 130 cm³/mol. The zero-order valence-electron chi connectivity index (χ0n) is 19.4. The number of fused-ring (bicyclic) bond motifs is 1. The van der Waals surface area contributed by atoms with Crippen LogP contribution in [-0.2, 0) is 26.0 Å². The zero-order chi connectivity index (χ0) is 24.1. The first-order valence-electron chi connectivity index (χ1n) is 11.8. The number of carbonyl (C=O) groups is 2. The fourth-order valence-electron chi connectivity index (χ4n) is 4.47. The van der Waals surface area contributed by atoms with E-state index in [0.717, 1.165) is 30.5 Å². The van der Waals surface area contributed by atoms with E-state index >= 15 is 0 Å². The van der Waals surface area contributed by atoms with Crippen LogP contribution in [0, 0.1) is 5.92 Å². The van der Waals surface area contributed by atoms with Crippen molar-refractivity contribution in [1.29, 1.82) is 0 Å². The van der Waals surface area contributed by atoms with E-state index in [0.29, 0.717) is 44.0 Å². The molecule has 0 aliphatic carbocycles. The van der Waals surface area contributed by atoms with E-state index in [1.54, 1.807) is 6.07 Å². The molecule has 4 rings (SSSR count). The summed E-state index contributed by atoms with van der Waals surface area (Å²) in [4.78, 5) is 25.3. The summed E-state index contributed by atoms with van der Waals surface area (Å²) in [5.74, 6) is -0.258. The van der Waals surface area contributed by atoms with Crippen LogP contribution in [-0.4, -0.2) is 44.2 Å². The highest BCUT2D eigenvalue weighted by atomic mass is 32.2. The number of para-hydroxylation sites is 1. The molecule has 8 nitrogen and oxygen atoms in total. The minimum atomic E-state index is -3.64. The van der Waals surface area contributed by atoms with E-state index in [1.807, 2.05) is 31.2 Å². The normalized spacial score (nSPS) is 18.6. The zero-order valence-corrected chi connectivity index (χ0v) is 20.2. The Morgan fingerprint density at radius 2 is 1.91 bits per heavy atom. The number of hydrogen-bond acceptors (Lipinski definition) is 5. The van der Waals surface area contributed by atoms with Crippen LogP contribution in [0.15, 0.2) is 47.4 Å². The highest BCUT2D eigenvalue weighted by molar-refractivity contribution is 7.89. The molecular weight excluding hydrogens is 454 g/mol.